The highest BCUT2D eigenvalue weighted by Gasteiger charge is 2.27. The van der Waals surface area contributed by atoms with Crippen LogP contribution in [0, 0.1) is 0 Å². The summed E-state index contributed by atoms with van der Waals surface area (Å²) >= 11 is 1.97. The number of carbonyl (C=O) groups is 1. The van der Waals surface area contributed by atoms with Crippen LogP contribution in [-0.2, 0) is 0 Å². The fourth-order valence-corrected chi connectivity index (χ4v) is 3.84. The smallest absolute Gasteiger partial charge is 0.257 e. The van der Waals surface area contributed by atoms with E-state index in [0.717, 1.165) is 43.2 Å². The lowest BCUT2D eigenvalue weighted by Crippen LogP contribution is -2.42. The molecule has 1 saturated heterocycles. The lowest BCUT2D eigenvalue weighted by molar-refractivity contribution is 0.0756. The van der Waals surface area contributed by atoms with Gasteiger partial charge in [0.25, 0.3) is 5.91 Å². The van der Waals surface area contributed by atoms with Crippen LogP contribution in [0.2, 0.25) is 0 Å². The molecule has 0 spiro atoms. The second-order valence-electron chi connectivity index (χ2n) is 5.11. The lowest BCUT2D eigenvalue weighted by Gasteiger charge is -2.33. The topological polar surface area (TPSA) is 41.6 Å². The second kappa shape index (κ2) is 5.95. The van der Waals surface area contributed by atoms with Gasteiger partial charge < -0.3 is 15.0 Å². The minimum atomic E-state index is 0.101. The first kappa shape index (κ1) is 13.6. The number of hydrogen-bond acceptors (Lipinski definition) is 4. The summed E-state index contributed by atoms with van der Waals surface area (Å²) in [6.45, 7) is 5.27. The Morgan fingerprint density at radius 1 is 1.55 bits per heavy atom. The van der Waals surface area contributed by atoms with Gasteiger partial charge in [-0.05, 0) is 18.6 Å². The van der Waals surface area contributed by atoms with Gasteiger partial charge in [0.05, 0.1) is 11.3 Å². The summed E-state index contributed by atoms with van der Waals surface area (Å²) in [5.74, 6) is 1.84. The molecule has 2 heterocycles. The van der Waals surface area contributed by atoms with Gasteiger partial charge in [0.2, 0.25) is 0 Å². The van der Waals surface area contributed by atoms with Gasteiger partial charge in [-0.25, -0.2) is 0 Å². The number of rotatable bonds is 2. The SMILES string of the molecule is CCC1CN(C(=O)c2cccc3c2OCCN3)CCS1. The summed E-state index contributed by atoms with van der Waals surface area (Å²) in [6, 6.07) is 5.76. The summed E-state index contributed by atoms with van der Waals surface area (Å²) in [7, 11) is 0. The van der Waals surface area contributed by atoms with Crippen LogP contribution in [0.4, 0.5) is 5.69 Å². The van der Waals surface area contributed by atoms with Crippen LogP contribution in [0.3, 0.4) is 0 Å². The lowest BCUT2D eigenvalue weighted by atomic mass is 10.1. The van der Waals surface area contributed by atoms with Crippen LogP contribution in [0.25, 0.3) is 0 Å². The number of ether oxygens (including phenoxy) is 1. The molecule has 1 amide bonds. The van der Waals surface area contributed by atoms with Crippen molar-refractivity contribution >= 4 is 23.4 Å². The first-order valence-corrected chi connectivity index (χ1v) is 8.25. The Morgan fingerprint density at radius 2 is 2.45 bits per heavy atom. The van der Waals surface area contributed by atoms with Crippen molar-refractivity contribution in [3.63, 3.8) is 0 Å². The quantitative estimate of drug-likeness (QED) is 0.909. The molecule has 1 N–H and O–H groups in total. The standard InChI is InChI=1S/C15H20N2O2S/c1-2-11-10-17(7-9-20-11)15(18)12-4-3-5-13-14(12)19-8-6-16-13/h3-5,11,16H,2,6-10H2,1H3. The normalized spacial score (nSPS) is 21.6. The molecule has 4 nitrogen and oxygen atoms in total. The van der Waals surface area contributed by atoms with Gasteiger partial charge in [0, 0.05) is 30.6 Å². The number of fused-ring (bicyclic) bond motifs is 1. The van der Waals surface area contributed by atoms with E-state index >= 15 is 0 Å². The number of anilines is 1. The van der Waals surface area contributed by atoms with E-state index in [9.17, 15) is 4.79 Å². The number of amides is 1. The number of thioether (sulfide) groups is 1. The Labute approximate surface area is 123 Å². The van der Waals surface area contributed by atoms with Crippen molar-refractivity contribution in [1.82, 2.24) is 4.90 Å². The maximum absolute atomic E-state index is 12.7. The number of nitrogens with one attached hydrogen (secondary N) is 1. The van der Waals surface area contributed by atoms with Gasteiger partial charge in [-0.15, -0.1) is 0 Å². The molecule has 0 saturated carbocycles. The molecule has 1 aromatic carbocycles. The molecule has 0 bridgehead atoms. The third-order valence-corrected chi connectivity index (χ3v) is 5.16. The Balaban J connectivity index is 1.83. The van der Waals surface area contributed by atoms with Crippen molar-refractivity contribution in [1.29, 1.82) is 0 Å². The number of para-hydroxylation sites is 1. The predicted octanol–water partition coefficient (Wildman–Crippen LogP) is 2.46. The van der Waals surface area contributed by atoms with Crippen molar-refractivity contribution in [2.75, 3.05) is 37.3 Å². The maximum Gasteiger partial charge on any atom is 0.257 e. The van der Waals surface area contributed by atoms with Crippen molar-refractivity contribution in [2.24, 2.45) is 0 Å². The van der Waals surface area contributed by atoms with Crippen molar-refractivity contribution in [3.8, 4) is 5.75 Å². The van der Waals surface area contributed by atoms with E-state index in [0.29, 0.717) is 17.4 Å². The molecule has 3 rings (SSSR count). The van der Waals surface area contributed by atoms with E-state index in [4.69, 9.17) is 4.74 Å². The van der Waals surface area contributed by atoms with Crippen LogP contribution >= 0.6 is 11.8 Å². The zero-order valence-corrected chi connectivity index (χ0v) is 12.5. The molecule has 1 fully saturated rings. The summed E-state index contributed by atoms with van der Waals surface area (Å²) in [5.41, 5.74) is 1.62. The Kier molecular flexibility index (Phi) is 4.05. The molecule has 5 heteroatoms. The predicted molar refractivity (Wildman–Crippen MR) is 82.9 cm³/mol. The van der Waals surface area contributed by atoms with Gasteiger partial charge in [-0.2, -0.15) is 11.8 Å². The van der Waals surface area contributed by atoms with Crippen molar-refractivity contribution in [3.05, 3.63) is 23.8 Å². The fourth-order valence-electron chi connectivity index (χ4n) is 2.66. The third-order valence-electron chi connectivity index (χ3n) is 3.79. The molecule has 2 aliphatic rings. The molecule has 108 valence electrons. The van der Waals surface area contributed by atoms with E-state index < -0.39 is 0 Å². The molecule has 1 unspecified atom stereocenters. The molecule has 0 aliphatic carbocycles. The monoisotopic (exact) mass is 292 g/mol. The summed E-state index contributed by atoms with van der Waals surface area (Å²) in [5, 5.41) is 3.84. The maximum atomic E-state index is 12.7. The average Bonchev–Trinajstić information content (AvgIpc) is 2.53. The highest BCUT2D eigenvalue weighted by atomic mass is 32.2. The largest absolute Gasteiger partial charge is 0.489 e. The van der Waals surface area contributed by atoms with Gasteiger partial charge in [-0.3, -0.25) is 4.79 Å². The number of nitrogens with zero attached hydrogens (tertiary/aromatic N) is 1. The minimum absolute atomic E-state index is 0.101. The Bertz CT molecular complexity index is 507. The van der Waals surface area contributed by atoms with Crippen molar-refractivity contribution < 1.29 is 9.53 Å². The molecule has 1 aromatic rings. The van der Waals surface area contributed by atoms with Gasteiger partial charge in [0.1, 0.15) is 6.61 Å². The van der Waals surface area contributed by atoms with Crippen LogP contribution in [-0.4, -0.2) is 48.1 Å². The molecule has 20 heavy (non-hydrogen) atoms. The molecule has 0 aromatic heterocycles. The van der Waals surface area contributed by atoms with E-state index in [1.165, 1.54) is 0 Å². The van der Waals surface area contributed by atoms with Gasteiger partial charge in [-0.1, -0.05) is 13.0 Å². The average molecular weight is 292 g/mol. The van der Waals surface area contributed by atoms with Crippen molar-refractivity contribution in [2.45, 2.75) is 18.6 Å². The van der Waals surface area contributed by atoms with E-state index in [1.807, 2.05) is 34.9 Å². The van der Waals surface area contributed by atoms with E-state index in [-0.39, 0.29) is 5.91 Å². The third kappa shape index (κ3) is 2.59. The summed E-state index contributed by atoms with van der Waals surface area (Å²) in [4.78, 5) is 14.7. The molecular formula is C15H20N2O2S. The zero-order chi connectivity index (χ0) is 13.9. The zero-order valence-electron chi connectivity index (χ0n) is 11.7. The van der Waals surface area contributed by atoms with E-state index in [1.54, 1.807) is 0 Å². The first-order valence-electron chi connectivity index (χ1n) is 7.20. The highest BCUT2D eigenvalue weighted by molar-refractivity contribution is 8.00. The molecular weight excluding hydrogens is 272 g/mol. The second-order valence-corrected chi connectivity index (χ2v) is 6.52. The van der Waals surface area contributed by atoms with Gasteiger partial charge >= 0.3 is 0 Å². The fraction of sp³-hybridized carbons (Fsp3) is 0.533. The van der Waals surface area contributed by atoms with Crippen LogP contribution in [0.1, 0.15) is 23.7 Å². The first-order chi connectivity index (χ1) is 9.79. The molecule has 2 aliphatic heterocycles. The molecule has 1 atom stereocenters. The van der Waals surface area contributed by atoms with Crippen LogP contribution in [0.5, 0.6) is 5.75 Å². The summed E-state index contributed by atoms with van der Waals surface area (Å²) < 4.78 is 5.70. The highest BCUT2D eigenvalue weighted by Crippen LogP contribution is 2.33. The van der Waals surface area contributed by atoms with E-state index in [2.05, 4.69) is 12.2 Å². The number of hydrogen-bond donors (Lipinski definition) is 1. The molecule has 0 radical (unpaired) electrons. The minimum Gasteiger partial charge on any atom is -0.489 e. The number of carbonyl (C=O) groups excluding carboxylic acids is 1. The van der Waals surface area contributed by atoms with Crippen LogP contribution in [0.15, 0.2) is 18.2 Å². The Morgan fingerprint density at radius 3 is 3.30 bits per heavy atom. The summed E-state index contributed by atoms with van der Waals surface area (Å²) in [6.07, 6.45) is 1.11. The van der Waals surface area contributed by atoms with Crippen LogP contribution < -0.4 is 10.1 Å². The van der Waals surface area contributed by atoms with Gasteiger partial charge in [0.15, 0.2) is 5.75 Å². The Hall–Kier alpha value is -1.36. The number of benzene rings is 1.